The molecule has 3 heterocycles. The third-order valence-electron chi connectivity index (χ3n) is 6.18. The molecule has 2 aromatic rings. The smallest absolute Gasteiger partial charge is 0.191 e. The third-order valence-corrected chi connectivity index (χ3v) is 6.18. The van der Waals surface area contributed by atoms with Crippen LogP contribution in [0, 0.1) is 0 Å². The van der Waals surface area contributed by atoms with E-state index in [9.17, 15) is 0 Å². The number of guanidine groups is 1. The number of aromatic nitrogens is 3. The summed E-state index contributed by atoms with van der Waals surface area (Å²) in [6.45, 7) is 7.72. The van der Waals surface area contributed by atoms with Gasteiger partial charge in [-0.1, -0.05) is 18.2 Å². The number of hydrogen-bond acceptors (Lipinski definition) is 6. The Labute approximate surface area is 214 Å². The van der Waals surface area contributed by atoms with E-state index < -0.39 is 0 Å². The van der Waals surface area contributed by atoms with Gasteiger partial charge in [-0.15, -0.1) is 24.0 Å². The van der Waals surface area contributed by atoms with Gasteiger partial charge >= 0.3 is 0 Å². The molecule has 0 bridgehead atoms. The number of aryl methyl sites for hydroxylation is 1. The second kappa shape index (κ2) is 13.1. The molecule has 0 spiro atoms. The highest BCUT2D eigenvalue weighted by Crippen LogP contribution is 2.16. The van der Waals surface area contributed by atoms with Crippen molar-refractivity contribution in [3.8, 4) is 0 Å². The molecule has 0 aliphatic carbocycles. The van der Waals surface area contributed by atoms with E-state index in [1.165, 1.54) is 5.69 Å². The average molecular weight is 569 g/mol. The first-order valence-corrected chi connectivity index (χ1v) is 11.7. The Hall–Kier alpha value is -1.92. The summed E-state index contributed by atoms with van der Waals surface area (Å²) >= 11 is 0. The van der Waals surface area contributed by atoms with E-state index in [0.29, 0.717) is 12.6 Å². The number of methoxy groups -OCH3 is 1. The van der Waals surface area contributed by atoms with Crippen molar-refractivity contribution in [1.82, 2.24) is 30.3 Å². The number of para-hydroxylation sites is 1. The number of benzene rings is 1. The molecule has 0 saturated carbocycles. The minimum absolute atomic E-state index is 0. The summed E-state index contributed by atoms with van der Waals surface area (Å²) in [5, 5.41) is 11.6. The molecule has 2 N–H and O–H groups in total. The number of ether oxygens (including phenoxy) is 1. The van der Waals surface area contributed by atoms with Gasteiger partial charge in [-0.25, -0.2) is 9.67 Å². The van der Waals surface area contributed by atoms with E-state index in [1.807, 2.05) is 11.7 Å². The molecule has 0 radical (unpaired) electrons. The van der Waals surface area contributed by atoms with Crippen LogP contribution in [0.25, 0.3) is 0 Å². The van der Waals surface area contributed by atoms with Gasteiger partial charge in [0.05, 0.1) is 6.54 Å². The van der Waals surface area contributed by atoms with E-state index in [4.69, 9.17) is 4.74 Å². The molecule has 182 valence electrons. The van der Waals surface area contributed by atoms with Crippen molar-refractivity contribution in [3.63, 3.8) is 0 Å². The fourth-order valence-corrected chi connectivity index (χ4v) is 4.43. The standard InChI is InChI=1S/C23H36N8O.HI/c1-24-23(26-19-9-10-22-27-21(18-32-2)28-31(22)17-19)25-11-6-12-29-13-15-30(16-14-29)20-7-4-3-5-8-20;/h3-5,7-8,19H,6,9-18H2,1-2H3,(H2,24,25,26);1H. The van der Waals surface area contributed by atoms with Crippen LogP contribution in [0.3, 0.4) is 0 Å². The fourth-order valence-electron chi connectivity index (χ4n) is 4.43. The number of nitrogens with one attached hydrogen (secondary N) is 2. The monoisotopic (exact) mass is 568 g/mol. The predicted molar refractivity (Wildman–Crippen MR) is 142 cm³/mol. The Bertz CT molecular complexity index is 867. The van der Waals surface area contributed by atoms with Crippen LogP contribution in [0.1, 0.15) is 24.5 Å². The fraction of sp³-hybridized carbons (Fsp3) is 0.609. The summed E-state index contributed by atoms with van der Waals surface area (Å²) < 4.78 is 7.15. The van der Waals surface area contributed by atoms with Crippen LogP contribution in [-0.4, -0.2) is 85.1 Å². The molecule has 1 aromatic heterocycles. The number of anilines is 1. The number of fused-ring (bicyclic) bond motifs is 1. The van der Waals surface area contributed by atoms with Gasteiger partial charge in [0.15, 0.2) is 11.8 Å². The number of piperazine rings is 1. The Balaban J connectivity index is 0.00000306. The average Bonchev–Trinajstić information content (AvgIpc) is 3.24. The first kappa shape index (κ1) is 25.7. The van der Waals surface area contributed by atoms with Crippen molar-refractivity contribution in [2.75, 3.05) is 58.3 Å². The van der Waals surface area contributed by atoms with Crippen LogP contribution in [0.4, 0.5) is 5.69 Å². The van der Waals surface area contributed by atoms with Crippen molar-refractivity contribution in [2.45, 2.75) is 38.5 Å². The molecule has 1 aromatic carbocycles. The molecule has 0 amide bonds. The van der Waals surface area contributed by atoms with Crippen LogP contribution in [0.2, 0.25) is 0 Å². The van der Waals surface area contributed by atoms with Crippen LogP contribution >= 0.6 is 24.0 Å². The van der Waals surface area contributed by atoms with E-state index in [0.717, 1.165) is 82.7 Å². The van der Waals surface area contributed by atoms with Gasteiger partial charge in [0, 0.05) is 65.0 Å². The van der Waals surface area contributed by atoms with Crippen LogP contribution < -0.4 is 15.5 Å². The first-order chi connectivity index (χ1) is 15.7. The van der Waals surface area contributed by atoms with Gasteiger partial charge in [0.2, 0.25) is 0 Å². The summed E-state index contributed by atoms with van der Waals surface area (Å²) in [6, 6.07) is 11.0. The van der Waals surface area contributed by atoms with Crippen LogP contribution in [0.15, 0.2) is 35.3 Å². The minimum atomic E-state index is 0. The molecule has 1 atom stereocenters. The molecule has 33 heavy (non-hydrogen) atoms. The summed E-state index contributed by atoms with van der Waals surface area (Å²) in [7, 11) is 3.50. The van der Waals surface area contributed by atoms with E-state index in [2.05, 4.69) is 65.8 Å². The second-order valence-corrected chi connectivity index (χ2v) is 8.46. The summed E-state index contributed by atoms with van der Waals surface area (Å²) in [6.07, 6.45) is 3.04. The van der Waals surface area contributed by atoms with Crippen molar-refractivity contribution < 1.29 is 4.74 Å². The normalized spacial score (nSPS) is 19.0. The lowest BCUT2D eigenvalue weighted by atomic mass is 10.1. The minimum Gasteiger partial charge on any atom is -0.377 e. The molecule has 1 unspecified atom stereocenters. The van der Waals surface area contributed by atoms with Gasteiger partial charge in [0.25, 0.3) is 0 Å². The Kier molecular flexibility index (Phi) is 10.2. The molecular formula is C23H37IN8O. The van der Waals surface area contributed by atoms with Crippen LogP contribution in [-0.2, 0) is 24.3 Å². The number of nitrogens with zero attached hydrogens (tertiary/aromatic N) is 6. The zero-order valence-corrected chi connectivity index (χ0v) is 22.1. The molecule has 10 heteroatoms. The molecular weight excluding hydrogens is 531 g/mol. The van der Waals surface area contributed by atoms with Crippen molar-refractivity contribution >= 4 is 35.6 Å². The predicted octanol–water partition coefficient (Wildman–Crippen LogP) is 1.73. The number of hydrogen-bond donors (Lipinski definition) is 2. The van der Waals surface area contributed by atoms with E-state index in [-0.39, 0.29) is 24.0 Å². The van der Waals surface area contributed by atoms with Crippen LogP contribution in [0.5, 0.6) is 0 Å². The zero-order valence-electron chi connectivity index (χ0n) is 19.7. The highest BCUT2D eigenvalue weighted by Gasteiger charge is 2.22. The quantitative estimate of drug-likeness (QED) is 0.217. The van der Waals surface area contributed by atoms with Crippen molar-refractivity contribution in [2.24, 2.45) is 4.99 Å². The third kappa shape index (κ3) is 7.28. The Morgan fingerprint density at radius 2 is 1.97 bits per heavy atom. The summed E-state index contributed by atoms with van der Waals surface area (Å²) in [4.78, 5) is 14.0. The van der Waals surface area contributed by atoms with Gasteiger partial charge in [-0.05, 0) is 31.5 Å². The van der Waals surface area contributed by atoms with Gasteiger partial charge < -0.3 is 20.3 Å². The first-order valence-electron chi connectivity index (χ1n) is 11.7. The maximum Gasteiger partial charge on any atom is 0.191 e. The number of aliphatic imine (C=N–C) groups is 1. The molecule has 2 aliphatic rings. The van der Waals surface area contributed by atoms with E-state index >= 15 is 0 Å². The van der Waals surface area contributed by atoms with Gasteiger partial charge in [-0.3, -0.25) is 9.89 Å². The van der Waals surface area contributed by atoms with Gasteiger partial charge in [0.1, 0.15) is 12.4 Å². The molecule has 1 fully saturated rings. The Morgan fingerprint density at radius 1 is 1.18 bits per heavy atom. The topological polar surface area (TPSA) is 82.8 Å². The van der Waals surface area contributed by atoms with Gasteiger partial charge in [-0.2, -0.15) is 5.10 Å². The highest BCUT2D eigenvalue weighted by atomic mass is 127. The Morgan fingerprint density at radius 3 is 2.70 bits per heavy atom. The number of halogens is 1. The lowest BCUT2D eigenvalue weighted by Gasteiger charge is -2.36. The molecule has 2 aliphatic heterocycles. The molecule has 1 saturated heterocycles. The molecule has 4 rings (SSSR count). The second-order valence-electron chi connectivity index (χ2n) is 8.46. The molecule has 9 nitrogen and oxygen atoms in total. The van der Waals surface area contributed by atoms with E-state index in [1.54, 1.807) is 7.11 Å². The lowest BCUT2D eigenvalue weighted by molar-refractivity contribution is 0.177. The summed E-state index contributed by atoms with van der Waals surface area (Å²) in [5.74, 6) is 2.67. The number of rotatable bonds is 8. The maximum atomic E-state index is 5.15. The lowest BCUT2D eigenvalue weighted by Crippen LogP contribution is -2.48. The SMILES string of the molecule is CN=C(NCCCN1CCN(c2ccccc2)CC1)NC1CCc2nc(COC)nn2C1.I. The maximum absolute atomic E-state index is 5.15. The van der Waals surface area contributed by atoms with Crippen molar-refractivity contribution in [3.05, 3.63) is 42.0 Å². The highest BCUT2D eigenvalue weighted by molar-refractivity contribution is 14.0. The zero-order chi connectivity index (χ0) is 22.2. The summed E-state index contributed by atoms with van der Waals surface area (Å²) in [5.41, 5.74) is 1.33. The largest absolute Gasteiger partial charge is 0.377 e. The van der Waals surface area contributed by atoms with Crippen molar-refractivity contribution in [1.29, 1.82) is 0 Å².